The topological polar surface area (TPSA) is 49.8 Å². The van der Waals surface area contributed by atoms with Crippen LogP contribution in [-0.2, 0) is 4.74 Å². The molecule has 1 aliphatic heterocycles. The summed E-state index contributed by atoms with van der Waals surface area (Å²) in [4.78, 5) is 14.6. The standard InChI is InChI=1S/C16H23NO3/c1-10-5-11(2)15(12(3)6-10)16(19)17-7-14(8-18)20-9-13(17)4/h5-6,13-14,18H,7-9H2,1-4H3. The number of rotatable bonds is 2. The monoisotopic (exact) mass is 277 g/mol. The Morgan fingerprint density at radius 1 is 1.35 bits per heavy atom. The van der Waals surface area contributed by atoms with E-state index >= 15 is 0 Å². The second kappa shape index (κ2) is 5.94. The summed E-state index contributed by atoms with van der Waals surface area (Å²) in [5.41, 5.74) is 3.96. The lowest BCUT2D eigenvalue weighted by molar-refractivity contribution is -0.0667. The van der Waals surface area contributed by atoms with Crippen molar-refractivity contribution in [2.24, 2.45) is 0 Å². The Morgan fingerprint density at radius 3 is 2.50 bits per heavy atom. The minimum Gasteiger partial charge on any atom is -0.394 e. The molecule has 0 radical (unpaired) electrons. The molecule has 1 fully saturated rings. The zero-order valence-electron chi connectivity index (χ0n) is 12.6. The number of amides is 1. The van der Waals surface area contributed by atoms with Crippen molar-refractivity contribution in [3.05, 3.63) is 34.4 Å². The van der Waals surface area contributed by atoms with Gasteiger partial charge in [-0.05, 0) is 38.8 Å². The smallest absolute Gasteiger partial charge is 0.254 e. The lowest BCUT2D eigenvalue weighted by Gasteiger charge is -2.38. The van der Waals surface area contributed by atoms with Gasteiger partial charge in [0, 0.05) is 12.1 Å². The van der Waals surface area contributed by atoms with Gasteiger partial charge in [-0.15, -0.1) is 0 Å². The minimum absolute atomic E-state index is 0.0328. The first kappa shape index (κ1) is 15.0. The van der Waals surface area contributed by atoms with Crippen LogP contribution in [0.1, 0.15) is 34.0 Å². The molecule has 0 saturated carbocycles. The minimum atomic E-state index is -0.277. The molecule has 0 spiro atoms. The lowest BCUT2D eigenvalue weighted by Crippen LogP contribution is -2.52. The Balaban J connectivity index is 2.30. The molecule has 1 amide bonds. The number of hydrogen-bond acceptors (Lipinski definition) is 3. The Bertz CT molecular complexity index is 489. The van der Waals surface area contributed by atoms with Crippen molar-refractivity contribution in [1.29, 1.82) is 0 Å². The first-order chi connectivity index (χ1) is 9.43. The van der Waals surface area contributed by atoms with Crippen molar-refractivity contribution in [3.8, 4) is 0 Å². The Kier molecular flexibility index (Phi) is 4.45. The van der Waals surface area contributed by atoms with Crippen molar-refractivity contribution in [1.82, 2.24) is 4.90 Å². The van der Waals surface area contributed by atoms with E-state index in [0.717, 1.165) is 16.7 Å². The van der Waals surface area contributed by atoms with Crippen LogP contribution in [0, 0.1) is 20.8 Å². The van der Waals surface area contributed by atoms with Crippen LogP contribution in [0.25, 0.3) is 0 Å². The van der Waals surface area contributed by atoms with Gasteiger partial charge in [-0.1, -0.05) is 17.7 Å². The fourth-order valence-electron chi connectivity index (χ4n) is 2.87. The predicted molar refractivity (Wildman–Crippen MR) is 78.0 cm³/mol. The van der Waals surface area contributed by atoms with E-state index in [-0.39, 0.29) is 24.7 Å². The number of carbonyl (C=O) groups excluding carboxylic acids is 1. The molecular formula is C16H23NO3. The van der Waals surface area contributed by atoms with Crippen molar-refractivity contribution in [2.45, 2.75) is 39.8 Å². The van der Waals surface area contributed by atoms with E-state index in [1.54, 1.807) is 0 Å². The van der Waals surface area contributed by atoms with Gasteiger partial charge in [-0.2, -0.15) is 0 Å². The number of aliphatic hydroxyl groups is 1. The number of morpholine rings is 1. The maximum atomic E-state index is 12.8. The van der Waals surface area contributed by atoms with E-state index in [0.29, 0.717) is 13.2 Å². The molecule has 0 aromatic heterocycles. The fraction of sp³-hybridized carbons (Fsp3) is 0.562. The average molecular weight is 277 g/mol. The first-order valence-electron chi connectivity index (χ1n) is 7.05. The van der Waals surface area contributed by atoms with Gasteiger partial charge in [0.2, 0.25) is 0 Å². The molecule has 4 nitrogen and oxygen atoms in total. The third kappa shape index (κ3) is 2.86. The molecule has 1 aromatic rings. The maximum absolute atomic E-state index is 12.8. The fourth-order valence-corrected chi connectivity index (χ4v) is 2.87. The van der Waals surface area contributed by atoms with Crippen LogP contribution in [-0.4, -0.2) is 47.8 Å². The second-order valence-electron chi connectivity index (χ2n) is 5.72. The molecule has 4 heteroatoms. The Labute approximate surface area is 120 Å². The van der Waals surface area contributed by atoms with E-state index in [9.17, 15) is 9.90 Å². The zero-order valence-corrected chi connectivity index (χ0v) is 12.6. The maximum Gasteiger partial charge on any atom is 0.254 e. The third-order valence-electron chi connectivity index (χ3n) is 3.86. The Hall–Kier alpha value is -1.39. The molecule has 20 heavy (non-hydrogen) atoms. The SMILES string of the molecule is Cc1cc(C)c(C(=O)N2CC(CO)OCC2C)c(C)c1. The van der Waals surface area contributed by atoms with Gasteiger partial charge in [0.05, 0.1) is 25.4 Å². The number of benzene rings is 1. The molecule has 1 N–H and O–H groups in total. The second-order valence-corrected chi connectivity index (χ2v) is 5.72. The van der Waals surface area contributed by atoms with Crippen LogP contribution in [0.4, 0.5) is 0 Å². The number of aliphatic hydroxyl groups excluding tert-OH is 1. The van der Waals surface area contributed by atoms with Gasteiger partial charge in [-0.25, -0.2) is 0 Å². The average Bonchev–Trinajstić information content (AvgIpc) is 2.37. The van der Waals surface area contributed by atoms with Gasteiger partial charge in [-0.3, -0.25) is 4.79 Å². The molecule has 2 rings (SSSR count). The van der Waals surface area contributed by atoms with Gasteiger partial charge in [0.25, 0.3) is 5.91 Å². The van der Waals surface area contributed by atoms with Crippen LogP contribution >= 0.6 is 0 Å². The Morgan fingerprint density at radius 2 is 1.95 bits per heavy atom. The highest BCUT2D eigenvalue weighted by Gasteiger charge is 2.31. The number of aryl methyl sites for hydroxylation is 3. The highest BCUT2D eigenvalue weighted by molar-refractivity contribution is 5.97. The van der Waals surface area contributed by atoms with Crippen LogP contribution in [0.15, 0.2) is 12.1 Å². The quantitative estimate of drug-likeness (QED) is 0.897. The number of hydrogen-bond donors (Lipinski definition) is 1. The van der Waals surface area contributed by atoms with Crippen LogP contribution in [0.3, 0.4) is 0 Å². The summed E-state index contributed by atoms with van der Waals surface area (Å²) in [5.74, 6) is 0.0363. The van der Waals surface area contributed by atoms with E-state index < -0.39 is 0 Å². The predicted octanol–water partition coefficient (Wildman–Crippen LogP) is 1.83. The highest BCUT2D eigenvalue weighted by atomic mass is 16.5. The molecule has 1 saturated heterocycles. The normalized spacial score (nSPS) is 22.9. The van der Waals surface area contributed by atoms with Gasteiger partial charge >= 0.3 is 0 Å². The summed E-state index contributed by atoms with van der Waals surface area (Å²) in [6.07, 6.45) is -0.277. The first-order valence-corrected chi connectivity index (χ1v) is 7.05. The molecule has 1 heterocycles. The number of ether oxygens (including phenoxy) is 1. The zero-order chi connectivity index (χ0) is 14.9. The van der Waals surface area contributed by atoms with E-state index in [4.69, 9.17) is 4.74 Å². The van der Waals surface area contributed by atoms with Gasteiger partial charge in [0.1, 0.15) is 0 Å². The van der Waals surface area contributed by atoms with Crippen molar-refractivity contribution < 1.29 is 14.6 Å². The van der Waals surface area contributed by atoms with Crippen molar-refractivity contribution in [3.63, 3.8) is 0 Å². The highest BCUT2D eigenvalue weighted by Crippen LogP contribution is 2.21. The molecule has 2 atom stereocenters. The molecule has 0 aliphatic carbocycles. The number of carbonyl (C=O) groups is 1. The van der Waals surface area contributed by atoms with Crippen molar-refractivity contribution in [2.75, 3.05) is 19.8 Å². The lowest BCUT2D eigenvalue weighted by atomic mass is 9.98. The molecular weight excluding hydrogens is 254 g/mol. The van der Waals surface area contributed by atoms with Crippen LogP contribution in [0.2, 0.25) is 0 Å². The van der Waals surface area contributed by atoms with E-state index in [1.165, 1.54) is 5.56 Å². The third-order valence-corrected chi connectivity index (χ3v) is 3.86. The largest absolute Gasteiger partial charge is 0.394 e. The summed E-state index contributed by atoms with van der Waals surface area (Å²) in [6.45, 7) is 8.83. The summed E-state index contributed by atoms with van der Waals surface area (Å²) < 4.78 is 5.49. The van der Waals surface area contributed by atoms with Gasteiger partial charge in [0.15, 0.2) is 0 Å². The summed E-state index contributed by atoms with van der Waals surface area (Å²) in [7, 11) is 0. The molecule has 0 bridgehead atoms. The van der Waals surface area contributed by atoms with Gasteiger partial charge < -0.3 is 14.7 Å². The molecule has 110 valence electrons. The van der Waals surface area contributed by atoms with E-state index in [1.807, 2.05) is 44.7 Å². The molecule has 1 aliphatic rings. The van der Waals surface area contributed by atoms with Crippen LogP contribution < -0.4 is 0 Å². The summed E-state index contributed by atoms with van der Waals surface area (Å²) >= 11 is 0. The van der Waals surface area contributed by atoms with Crippen LogP contribution in [0.5, 0.6) is 0 Å². The van der Waals surface area contributed by atoms with Crippen molar-refractivity contribution >= 4 is 5.91 Å². The number of nitrogens with zero attached hydrogens (tertiary/aromatic N) is 1. The molecule has 1 aromatic carbocycles. The van der Waals surface area contributed by atoms with E-state index in [2.05, 4.69) is 0 Å². The molecule has 2 unspecified atom stereocenters. The summed E-state index contributed by atoms with van der Waals surface area (Å²) in [5, 5.41) is 9.23. The summed E-state index contributed by atoms with van der Waals surface area (Å²) in [6, 6.07) is 4.11.